The van der Waals surface area contributed by atoms with Gasteiger partial charge in [-0.15, -0.1) is 0 Å². The van der Waals surface area contributed by atoms with Crippen molar-refractivity contribution in [1.29, 1.82) is 0 Å². The molecule has 0 heterocycles. The van der Waals surface area contributed by atoms with E-state index >= 15 is 0 Å². The molecular formula is C28H24N2O3. The largest absolute Gasteiger partial charge is 0.489 e. The molecule has 0 unspecified atom stereocenters. The highest BCUT2D eigenvalue weighted by Crippen LogP contribution is 2.18. The lowest BCUT2D eigenvalue weighted by Gasteiger charge is -2.09. The molecule has 0 saturated carbocycles. The van der Waals surface area contributed by atoms with Crippen LogP contribution in [0.2, 0.25) is 0 Å². The number of aryl methyl sites for hydroxylation is 1. The Morgan fingerprint density at radius 1 is 0.667 bits per heavy atom. The van der Waals surface area contributed by atoms with Crippen LogP contribution >= 0.6 is 0 Å². The number of ether oxygens (including phenoxy) is 1. The summed E-state index contributed by atoms with van der Waals surface area (Å²) in [5, 5.41) is 5.72. The normalized spacial score (nSPS) is 10.3. The summed E-state index contributed by atoms with van der Waals surface area (Å²) < 4.78 is 5.76. The van der Waals surface area contributed by atoms with Crippen LogP contribution in [-0.4, -0.2) is 11.8 Å². The molecule has 0 aromatic heterocycles. The first-order chi connectivity index (χ1) is 16.1. The van der Waals surface area contributed by atoms with E-state index in [-0.39, 0.29) is 11.8 Å². The van der Waals surface area contributed by atoms with E-state index < -0.39 is 0 Å². The van der Waals surface area contributed by atoms with E-state index in [9.17, 15) is 9.59 Å². The van der Waals surface area contributed by atoms with Crippen molar-refractivity contribution >= 4 is 23.2 Å². The maximum atomic E-state index is 12.6. The first-order valence-corrected chi connectivity index (χ1v) is 10.6. The van der Waals surface area contributed by atoms with E-state index in [4.69, 9.17) is 4.74 Å². The fourth-order valence-electron chi connectivity index (χ4n) is 3.27. The van der Waals surface area contributed by atoms with Gasteiger partial charge in [0.2, 0.25) is 0 Å². The summed E-state index contributed by atoms with van der Waals surface area (Å²) >= 11 is 0. The monoisotopic (exact) mass is 436 g/mol. The predicted octanol–water partition coefficient (Wildman–Crippen LogP) is 6.08. The zero-order valence-electron chi connectivity index (χ0n) is 18.2. The number of carbonyl (C=O) groups is 2. The van der Waals surface area contributed by atoms with Gasteiger partial charge in [-0.05, 0) is 73.2 Å². The van der Waals surface area contributed by atoms with Crippen molar-refractivity contribution in [3.05, 3.63) is 125 Å². The average Bonchev–Trinajstić information content (AvgIpc) is 2.85. The van der Waals surface area contributed by atoms with Gasteiger partial charge in [0.25, 0.3) is 11.8 Å². The molecule has 0 spiro atoms. The maximum absolute atomic E-state index is 12.6. The predicted molar refractivity (Wildman–Crippen MR) is 131 cm³/mol. The quantitative estimate of drug-likeness (QED) is 0.369. The first-order valence-electron chi connectivity index (χ1n) is 10.6. The summed E-state index contributed by atoms with van der Waals surface area (Å²) in [4.78, 5) is 24.9. The Balaban J connectivity index is 1.31. The molecule has 33 heavy (non-hydrogen) atoms. The molecule has 0 bridgehead atoms. The molecule has 4 aromatic carbocycles. The van der Waals surface area contributed by atoms with Crippen molar-refractivity contribution in [3.8, 4) is 5.75 Å². The summed E-state index contributed by atoms with van der Waals surface area (Å²) in [7, 11) is 0. The Labute approximate surface area is 193 Å². The van der Waals surface area contributed by atoms with Gasteiger partial charge in [0.1, 0.15) is 12.4 Å². The van der Waals surface area contributed by atoms with Gasteiger partial charge in [0.05, 0.1) is 0 Å². The van der Waals surface area contributed by atoms with Crippen molar-refractivity contribution < 1.29 is 14.3 Å². The maximum Gasteiger partial charge on any atom is 0.255 e. The third-order valence-corrected chi connectivity index (χ3v) is 5.05. The highest BCUT2D eigenvalue weighted by Gasteiger charge is 2.09. The summed E-state index contributed by atoms with van der Waals surface area (Å²) in [5.41, 5.74) is 4.52. The lowest BCUT2D eigenvalue weighted by Crippen LogP contribution is -2.13. The molecule has 4 rings (SSSR count). The van der Waals surface area contributed by atoms with Crippen LogP contribution in [0, 0.1) is 6.92 Å². The second-order valence-electron chi connectivity index (χ2n) is 7.65. The third kappa shape index (κ3) is 6.08. The van der Waals surface area contributed by atoms with Gasteiger partial charge in [-0.25, -0.2) is 0 Å². The van der Waals surface area contributed by atoms with Gasteiger partial charge in [-0.1, -0.05) is 48.0 Å². The standard InChI is InChI=1S/C28H24N2O3/c1-20-6-5-9-23(18-20)28(32)30-25-14-12-24(13-15-25)29-27(31)22-10-16-26(17-11-22)33-19-21-7-3-2-4-8-21/h2-18H,19H2,1H3,(H,29,31)(H,30,32). The third-order valence-electron chi connectivity index (χ3n) is 5.05. The number of anilines is 2. The van der Waals surface area contributed by atoms with Crippen molar-refractivity contribution in [1.82, 2.24) is 0 Å². The molecule has 0 saturated heterocycles. The molecule has 0 aliphatic carbocycles. The lowest BCUT2D eigenvalue weighted by atomic mass is 10.1. The van der Waals surface area contributed by atoms with Gasteiger partial charge in [-0.3, -0.25) is 9.59 Å². The van der Waals surface area contributed by atoms with Crippen molar-refractivity contribution in [2.75, 3.05) is 10.6 Å². The highest BCUT2D eigenvalue weighted by molar-refractivity contribution is 6.05. The Morgan fingerprint density at radius 3 is 1.88 bits per heavy atom. The molecule has 2 N–H and O–H groups in total. The average molecular weight is 437 g/mol. The van der Waals surface area contributed by atoms with Crippen LogP contribution < -0.4 is 15.4 Å². The van der Waals surface area contributed by atoms with Crippen LogP contribution in [0.15, 0.2) is 103 Å². The van der Waals surface area contributed by atoms with E-state index in [1.54, 1.807) is 54.6 Å². The first kappa shape index (κ1) is 21.8. The van der Waals surface area contributed by atoms with Gasteiger partial charge < -0.3 is 15.4 Å². The van der Waals surface area contributed by atoms with Crippen LogP contribution in [0.5, 0.6) is 5.75 Å². The minimum atomic E-state index is -0.221. The number of rotatable bonds is 7. The second kappa shape index (κ2) is 10.3. The van der Waals surface area contributed by atoms with Gasteiger partial charge >= 0.3 is 0 Å². The van der Waals surface area contributed by atoms with Crippen LogP contribution in [0.4, 0.5) is 11.4 Å². The van der Waals surface area contributed by atoms with Crippen molar-refractivity contribution in [3.63, 3.8) is 0 Å². The minimum Gasteiger partial charge on any atom is -0.489 e. The SMILES string of the molecule is Cc1cccc(C(=O)Nc2ccc(NC(=O)c3ccc(OCc4ccccc4)cc3)cc2)c1. The van der Waals surface area contributed by atoms with Crippen molar-refractivity contribution in [2.24, 2.45) is 0 Å². The topological polar surface area (TPSA) is 67.4 Å². The summed E-state index contributed by atoms with van der Waals surface area (Å²) in [5.74, 6) is 0.301. The number of hydrogen-bond donors (Lipinski definition) is 2. The number of nitrogens with one attached hydrogen (secondary N) is 2. The number of benzene rings is 4. The fraction of sp³-hybridized carbons (Fsp3) is 0.0714. The molecule has 0 aliphatic heterocycles. The zero-order chi connectivity index (χ0) is 23.0. The van der Waals surface area contributed by atoms with Crippen LogP contribution in [0.3, 0.4) is 0 Å². The Morgan fingerprint density at radius 2 is 1.27 bits per heavy atom. The molecule has 0 aliphatic rings. The van der Waals surface area contributed by atoms with Crippen LogP contribution in [0.25, 0.3) is 0 Å². The molecule has 5 heteroatoms. The Hall–Kier alpha value is -4.38. The molecule has 4 aromatic rings. The number of carbonyl (C=O) groups excluding carboxylic acids is 2. The van der Waals surface area contributed by atoms with E-state index in [2.05, 4.69) is 10.6 Å². The van der Waals surface area contributed by atoms with Gasteiger partial charge in [0.15, 0.2) is 0 Å². The minimum absolute atomic E-state index is 0.176. The van der Waals surface area contributed by atoms with Gasteiger partial charge in [-0.2, -0.15) is 0 Å². The molecule has 0 fully saturated rings. The molecule has 0 atom stereocenters. The van der Waals surface area contributed by atoms with Crippen molar-refractivity contribution in [2.45, 2.75) is 13.5 Å². The zero-order valence-corrected chi connectivity index (χ0v) is 18.2. The number of amides is 2. The lowest BCUT2D eigenvalue weighted by molar-refractivity contribution is 0.101. The Bertz CT molecular complexity index is 1230. The smallest absolute Gasteiger partial charge is 0.255 e. The van der Waals surface area contributed by atoms with E-state index in [1.807, 2.05) is 55.5 Å². The van der Waals surface area contributed by atoms with Crippen LogP contribution in [0.1, 0.15) is 31.8 Å². The van der Waals surface area contributed by atoms with Crippen LogP contribution in [-0.2, 0) is 6.61 Å². The summed E-state index contributed by atoms with van der Waals surface area (Å²) in [6.07, 6.45) is 0. The van der Waals surface area contributed by atoms with E-state index in [1.165, 1.54) is 0 Å². The number of hydrogen-bond acceptors (Lipinski definition) is 3. The molecular weight excluding hydrogens is 412 g/mol. The fourth-order valence-corrected chi connectivity index (χ4v) is 3.27. The van der Waals surface area contributed by atoms with E-state index in [0.29, 0.717) is 34.9 Å². The molecule has 5 nitrogen and oxygen atoms in total. The molecule has 0 radical (unpaired) electrons. The Kier molecular flexibility index (Phi) is 6.81. The summed E-state index contributed by atoms with van der Waals surface area (Å²) in [6.45, 7) is 2.42. The molecule has 164 valence electrons. The summed E-state index contributed by atoms with van der Waals surface area (Å²) in [6, 6.07) is 31.3. The van der Waals surface area contributed by atoms with Gasteiger partial charge in [0, 0.05) is 22.5 Å². The van der Waals surface area contributed by atoms with E-state index in [0.717, 1.165) is 11.1 Å². The highest BCUT2D eigenvalue weighted by atomic mass is 16.5. The second-order valence-corrected chi connectivity index (χ2v) is 7.65. The molecule has 2 amide bonds.